The second-order valence-electron chi connectivity index (χ2n) is 7.34. The molecule has 0 N–H and O–H groups in total. The molecule has 4 rings (SSSR count). The van der Waals surface area contributed by atoms with Crippen molar-refractivity contribution in [3.63, 3.8) is 0 Å². The molecule has 2 aromatic rings. The van der Waals surface area contributed by atoms with Crippen LogP contribution in [0, 0.1) is 0 Å². The molecule has 7 nitrogen and oxygen atoms in total. The number of carbonyl (C=O) groups is 2. The normalized spacial score (nSPS) is 21.3. The zero-order chi connectivity index (χ0) is 18.6. The van der Waals surface area contributed by atoms with Crippen LogP contribution in [0.15, 0.2) is 43.0 Å². The lowest BCUT2D eigenvalue weighted by Gasteiger charge is -2.40. The maximum Gasteiger partial charge on any atom is 0.254 e. The van der Waals surface area contributed by atoms with Gasteiger partial charge in [-0.1, -0.05) is 18.2 Å². The summed E-state index contributed by atoms with van der Waals surface area (Å²) in [5, 5.41) is 7.74. The first-order valence-corrected chi connectivity index (χ1v) is 9.73. The molecule has 0 unspecified atom stereocenters. The number of carbonyl (C=O) groups excluding carboxylic acids is 2. The molecule has 1 atom stereocenters. The Morgan fingerprint density at radius 2 is 1.59 bits per heavy atom. The van der Waals surface area contributed by atoms with Crippen molar-refractivity contribution in [3.05, 3.63) is 48.5 Å². The fraction of sp³-hybridized carbons (Fsp3) is 0.500. The maximum atomic E-state index is 13.2. The molecule has 3 heterocycles. The Bertz CT molecular complexity index is 769. The standard InChI is InChI=1S/C20H25N5O2/c26-19(16-6-2-1-3-7-16)25-11-5-4-8-18(25)20(27)23-12-9-17(10-13-23)24-14-21-22-15-24/h1-3,6-7,14-15,17-18H,4-5,8-13H2/t18-/m0/s1. The van der Waals surface area contributed by atoms with Crippen LogP contribution in [0.3, 0.4) is 0 Å². The molecule has 0 aliphatic carbocycles. The first kappa shape index (κ1) is 17.7. The van der Waals surface area contributed by atoms with Crippen LogP contribution < -0.4 is 0 Å². The smallest absolute Gasteiger partial charge is 0.254 e. The highest BCUT2D eigenvalue weighted by Crippen LogP contribution is 2.26. The largest absolute Gasteiger partial charge is 0.341 e. The minimum Gasteiger partial charge on any atom is -0.341 e. The second kappa shape index (κ2) is 7.90. The van der Waals surface area contributed by atoms with Gasteiger partial charge >= 0.3 is 0 Å². The van der Waals surface area contributed by atoms with Gasteiger partial charge in [0.05, 0.1) is 0 Å². The Kier molecular flexibility index (Phi) is 5.18. The molecule has 0 saturated carbocycles. The summed E-state index contributed by atoms with van der Waals surface area (Å²) < 4.78 is 2.02. The van der Waals surface area contributed by atoms with E-state index in [-0.39, 0.29) is 17.9 Å². The molecule has 0 radical (unpaired) electrons. The highest BCUT2D eigenvalue weighted by atomic mass is 16.2. The second-order valence-corrected chi connectivity index (χ2v) is 7.34. The Labute approximate surface area is 159 Å². The van der Waals surface area contributed by atoms with Crippen LogP contribution >= 0.6 is 0 Å². The van der Waals surface area contributed by atoms with Gasteiger partial charge in [-0.25, -0.2) is 0 Å². The molecule has 27 heavy (non-hydrogen) atoms. The number of nitrogens with zero attached hydrogens (tertiary/aromatic N) is 5. The summed E-state index contributed by atoms with van der Waals surface area (Å²) in [5.41, 5.74) is 0.656. The fourth-order valence-corrected chi connectivity index (χ4v) is 4.17. The van der Waals surface area contributed by atoms with E-state index in [1.54, 1.807) is 17.6 Å². The lowest BCUT2D eigenvalue weighted by Crippen LogP contribution is -2.54. The fourth-order valence-electron chi connectivity index (χ4n) is 4.17. The molecule has 0 bridgehead atoms. The van der Waals surface area contributed by atoms with Gasteiger partial charge in [-0.15, -0.1) is 10.2 Å². The number of benzene rings is 1. The van der Waals surface area contributed by atoms with E-state index in [4.69, 9.17) is 0 Å². The topological polar surface area (TPSA) is 71.3 Å². The van der Waals surface area contributed by atoms with Gasteiger partial charge in [0.15, 0.2) is 0 Å². The van der Waals surface area contributed by atoms with Crippen molar-refractivity contribution in [2.75, 3.05) is 19.6 Å². The van der Waals surface area contributed by atoms with Crippen molar-refractivity contribution in [1.29, 1.82) is 0 Å². The molecule has 2 aliphatic heterocycles. The molecular weight excluding hydrogens is 342 g/mol. The van der Waals surface area contributed by atoms with Gasteiger partial charge in [0.2, 0.25) is 5.91 Å². The zero-order valence-electron chi connectivity index (χ0n) is 15.4. The summed E-state index contributed by atoms with van der Waals surface area (Å²) in [5.74, 6) is 0.0641. The number of hydrogen-bond donors (Lipinski definition) is 0. The third-order valence-corrected chi connectivity index (χ3v) is 5.70. The van der Waals surface area contributed by atoms with E-state index < -0.39 is 0 Å². The highest BCUT2D eigenvalue weighted by molar-refractivity contribution is 5.97. The first-order chi connectivity index (χ1) is 13.2. The molecule has 142 valence electrons. The molecule has 0 spiro atoms. The van der Waals surface area contributed by atoms with E-state index in [1.807, 2.05) is 39.8 Å². The maximum absolute atomic E-state index is 13.2. The molecule has 1 aromatic heterocycles. The predicted octanol–water partition coefficient (Wildman–Crippen LogP) is 2.14. The van der Waals surface area contributed by atoms with Gasteiger partial charge < -0.3 is 14.4 Å². The molecular formula is C20H25N5O2. The summed E-state index contributed by atoms with van der Waals surface area (Å²) in [4.78, 5) is 29.9. The Hall–Kier alpha value is -2.70. The monoisotopic (exact) mass is 367 g/mol. The third-order valence-electron chi connectivity index (χ3n) is 5.70. The van der Waals surface area contributed by atoms with Crippen molar-refractivity contribution in [1.82, 2.24) is 24.6 Å². The summed E-state index contributed by atoms with van der Waals surface area (Å²) in [7, 11) is 0. The van der Waals surface area contributed by atoms with Gasteiger partial charge in [0.1, 0.15) is 18.7 Å². The molecule has 2 saturated heterocycles. The van der Waals surface area contributed by atoms with E-state index >= 15 is 0 Å². The van der Waals surface area contributed by atoms with Crippen molar-refractivity contribution in [3.8, 4) is 0 Å². The Morgan fingerprint density at radius 3 is 2.30 bits per heavy atom. The van der Waals surface area contributed by atoms with Gasteiger partial charge in [-0.05, 0) is 44.2 Å². The number of amides is 2. The van der Waals surface area contributed by atoms with Crippen molar-refractivity contribution >= 4 is 11.8 Å². The summed E-state index contributed by atoms with van der Waals surface area (Å²) in [6, 6.07) is 9.28. The average Bonchev–Trinajstić information content (AvgIpc) is 3.28. The van der Waals surface area contributed by atoms with Crippen LogP contribution in [0.25, 0.3) is 0 Å². The molecule has 7 heteroatoms. The SMILES string of the molecule is O=C([C@@H]1CCCCN1C(=O)c1ccccc1)N1CCC(n2cnnc2)CC1. The molecule has 2 fully saturated rings. The summed E-state index contributed by atoms with van der Waals surface area (Å²) >= 11 is 0. The van der Waals surface area contributed by atoms with Crippen LogP contribution in [0.4, 0.5) is 0 Å². The van der Waals surface area contributed by atoms with Crippen molar-refractivity contribution in [2.45, 2.75) is 44.2 Å². The predicted molar refractivity (Wildman–Crippen MR) is 100.0 cm³/mol. The zero-order valence-corrected chi connectivity index (χ0v) is 15.4. The first-order valence-electron chi connectivity index (χ1n) is 9.73. The van der Waals surface area contributed by atoms with Crippen molar-refractivity contribution in [2.24, 2.45) is 0 Å². The van der Waals surface area contributed by atoms with Gasteiger partial charge in [0, 0.05) is 31.2 Å². The number of piperidine rings is 2. The molecule has 1 aromatic carbocycles. The van der Waals surface area contributed by atoms with E-state index in [0.29, 0.717) is 31.2 Å². The van der Waals surface area contributed by atoms with Crippen LogP contribution in [-0.2, 0) is 4.79 Å². The lowest BCUT2D eigenvalue weighted by molar-refractivity contribution is -0.138. The lowest BCUT2D eigenvalue weighted by atomic mass is 9.97. The Morgan fingerprint density at radius 1 is 0.889 bits per heavy atom. The molecule has 2 amide bonds. The average molecular weight is 367 g/mol. The summed E-state index contributed by atoms with van der Waals surface area (Å²) in [6.07, 6.45) is 7.96. The summed E-state index contributed by atoms with van der Waals surface area (Å²) in [6.45, 7) is 2.08. The minimum atomic E-state index is -0.335. The van der Waals surface area contributed by atoms with E-state index in [0.717, 1.165) is 32.1 Å². The quantitative estimate of drug-likeness (QED) is 0.833. The van der Waals surface area contributed by atoms with E-state index in [9.17, 15) is 9.59 Å². The Balaban J connectivity index is 1.43. The number of aromatic nitrogens is 3. The van der Waals surface area contributed by atoms with Crippen LogP contribution in [0.5, 0.6) is 0 Å². The minimum absolute atomic E-state index is 0.0342. The van der Waals surface area contributed by atoms with Gasteiger partial charge in [-0.3, -0.25) is 9.59 Å². The van der Waals surface area contributed by atoms with E-state index in [1.165, 1.54) is 0 Å². The number of likely N-dealkylation sites (tertiary alicyclic amines) is 2. The van der Waals surface area contributed by atoms with Crippen molar-refractivity contribution < 1.29 is 9.59 Å². The molecule has 2 aliphatic rings. The highest BCUT2D eigenvalue weighted by Gasteiger charge is 2.36. The number of hydrogen-bond acceptors (Lipinski definition) is 4. The van der Waals surface area contributed by atoms with Gasteiger partial charge in [0.25, 0.3) is 5.91 Å². The third kappa shape index (κ3) is 3.72. The van der Waals surface area contributed by atoms with Gasteiger partial charge in [-0.2, -0.15) is 0 Å². The van der Waals surface area contributed by atoms with Crippen LogP contribution in [0.2, 0.25) is 0 Å². The number of rotatable bonds is 3. The van der Waals surface area contributed by atoms with Crippen LogP contribution in [0.1, 0.15) is 48.5 Å². The van der Waals surface area contributed by atoms with E-state index in [2.05, 4.69) is 10.2 Å². The van der Waals surface area contributed by atoms with Crippen LogP contribution in [-0.4, -0.2) is 62.1 Å².